The van der Waals surface area contributed by atoms with Crippen LogP contribution in [0.3, 0.4) is 0 Å². The Kier molecular flexibility index (Phi) is 3.69. The zero-order valence-corrected chi connectivity index (χ0v) is 11.8. The summed E-state index contributed by atoms with van der Waals surface area (Å²) in [6, 6.07) is 3.79. The Morgan fingerprint density at radius 2 is 2.11 bits per heavy atom. The second-order valence-electron chi connectivity index (χ2n) is 5.76. The molecule has 2 rings (SSSR count). The Bertz CT molecular complexity index is 450. The van der Waals surface area contributed by atoms with Crippen molar-refractivity contribution in [1.82, 2.24) is 9.88 Å². The van der Waals surface area contributed by atoms with E-state index in [1.54, 1.807) is 11.1 Å². The number of carbonyl (C=O) groups is 1. The third-order valence-corrected chi connectivity index (χ3v) is 2.69. The summed E-state index contributed by atoms with van der Waals surface area (Å²) in [6.45, 7) is 6.69. The first-order valence-corrected chi connectivity index (χ1v) is 6.41. The molecule has 0 bridgehead atoms. The Morgan fingerprint density at radius 3 is 2.63 bits per heavy atom. The number of amides is 1. The van der Waals surface area contributed by atoms with Crippen molar-refractivity contribution in [3.05, 3.63) is 18.3 Å². The molecule has 0 unspecified atom stereocenters. The van der Waals surface area contributed by atoms with Crippen molar-refractivity contribution < 1.29 is 14.3 Å². The van der Waals surface area contributed by atoms with Gasteiger partial charge in [-0.3, -0.25) is 4.98 Å². The van der Waals surface area contributed by atoms with Crippen molar-refractivity contribution in [3.63, 3.8) is 0 Å². The van der Waals surface area contributed by atoms with E-state index in [-0.39, 0.29) is 12.2 Å². The maximum atomic E-state index is 11.7. The van der Waals surface area contributed by atoms with Gasteiger partial charge in [0.25, 0.3) is 0 Å². The second kappa shape index (κ2) is 5.11. The summed E-state index contributed by atoms with van der Waals surface area (Å²) in [5.41, 5.74) is 0.500. The van der Waals surface area contributed by atoms with E-state index in [0.29, 0.717) is 13.1 Å². The summed E-state index contributed by atoms with van der Waals surface area (Å²) < 4.78 is 11.0. The van der Waals surface area contributed by atoms with E-state index in [9.17, 15) is 4.79 Å². The van der Waals surface area contributed by atoms with Crippen LogP contribution in [0, 0.1) is 0 Å². The van der Waals surface area contributed by atoms with Crippen LogP contribution in [-0.4, -0.2) is 48.6 Å². The van der Waals surface area contributed by atoms with Gasteiger partial charge in [0, 0.05) is 0 Å². The maximum absolute atomic E-state index is 11.7. The number of nitrogens with zero attached hydrogens (tertiary/aromatic N) is 2. The van der Waals surface area contributed by atoms with Crippen LogP contribution in [0.1, 0.15) is 20.8 Å². The van der Waals surface area contributed by atoms with Gasteiger partial charge in [0.1, 0.15) is 17.5 Å². The first-order chi connectivity index (χ1) is 8.83. The number of pyridine rings is 1. The fourth-order valence-electron chi connectivity index (χ4n) is 1.70. The summed E-state index contributed by atoms with van der Waals surface area (Å²) in [7, 11) is 1.93. The average molecular weight is 262 g/mol. The molecule has 19 heavy (non-hydrogen) atoms. The summed E-state index contributed by atoms with van der Waals surface area (Å²) in [6.07, 6.45) is 1.44. The average Bonchev–Trinajstić information content (AvgIpc) is 2.22. The summed E-state index contributed by atoms with van der Waals surface area (Å²) in [4.78, 5) is 17.5. The van der Waals surface area contributed by atoms with E-state index in [1.165, 1.54) is 0 Å². The molecule has 0 aromatic carbocycles. The molecule has 0 N–H and O–H groups in total. The molecule has 1 saturated heterocycles. The smallest absolute Gasteiger partial charge is 0.410 e. The molecule has 1 aromatic heterocycles. The SMILES string of the molecule is Bc1ccc(OC2CN(C(=O)OC(C)(C)C)C2)cn1. The summed E-state index contributed by atoms with van der Waals surface area (Å²) in [5.74, 6) is 0.736. The number of hydrogen-bond donors (Lipinski definition) is 0. The topological polar surface area (TPSA) is 51.7 Å². The van der Waals surface area contributed by atoms with Crippen LogP contribution in [0.5, 0.6) is 5.75 Å². The van der Waals surface area contributed by atoms with Crippen LogP contribution in [0.2, 0.25) is 0 Å². The molecule has 2 heterocycles. The zero-order valence-electron chi connectivity index (χ0n) is 11.8. The molecule has 0 saturated carbocycles. The molecule has 0 atom stereocenters. The Labute approximate surface area is 114 Å². The third-order valence-electron chi connectivity index (χ3n) is 2.69. The van der Waals surface area contributed by atoms with Crippen LogP contribution in [0.25, 0.3) is 0 Å². The van der Waals surface area contributed by atoms with E-state index < -0.39 is 5.60 Å². The fourth-order valence-corrected chi connectivity index (χ4v) is 1.70. The molecule has 1 fully saturated rings. The van der Waals surface area contributed by atoms with Crippen molar-refractivity contribution in [2.45, 2.75) is 32.5 Å². The highest BCUT2D eigenvalue weighted by atomic mass is 16.6. The van der Waals surface area contributed by atoms with Crippen LogP contribution in [0.15, 0.2) is 18.3 Å². The van der Waals surface area contributed by atoms with Crippen molar-refractivity contribution in [1.29, 1.82) is 0 Å². The second-order valence-corrected chi connectivity index (χ2v) is 5.76. The number of hydrogen-bond acceptors (Lipinski definition) is 4. The third kappa shape index (κ3) is 3.87. The summed E-state index contributed by atoms with van der Waals surface area (Å²) in [5, 5.41) is 0. The standard InChI is InChI=1S/C13H19BN2O3/c1-13(2,3)19-12(17)16-7-10(8-16)18-9-4-5-11(14)15-6-9/h4-6,10H,7-8,14H2,1-3H3. The van der Waals surface area contributed by atoms with Crippen molar-refractivity contribution >= 4 is 19.5 Å². The lowest BCUT2D eigenvalue weighted by atomic mass is 10.0. The highest BCUT2D eigenvalue weighted by Crippen LogP contribution is 2.19. The van der Waals surface area contributed by atoms with E-state index in [1.807, 2.05) is 40.8 Å². The molecule has 0 radical (unpaired) electrons. The number of aromatic nitrogens is 1. The van der Waals surface area contributed by atoms with Gasteiger partial charge in [0.15, 0.2) is 7.85 Å². The molecular weight excluding hydrogens is 243 g/mol. The zero-order chi connectivity index (χ0) is 14.0. The fraction of sp³-hybridized carbons (Fsp3) is 0.538. The van der Waals surface area contributed by atoms with E-state index in [0.717, 1.165) is 11.3 Å². The first kappa shape index (κ1) is 13.7. The predicted molar refractivity (Wildman–Crippen MR) is 74.6 cm³/mol. The van der Waals surface area contributed by atoms with Gasteiger partial charge in [-0.1, -0.05) is 0 Å². The first-order valence-electron chi connectivity index (χ1n) is 6.41. The molecule has 0 aliphatic carbocycles. The molecule has 1 amide bonds. The lowest BCUT2D eigenvalue weighted by Gasteiger charge is -2.39. The van der Waals surface area contributed by atoms with Crippen LogP contribution >= 0.6 is 0 Å². The Hall–Kier alpha value is -1.72. The highest BCUT2D eigenvalue weighted by Gasteiger charge is 2.35. The molecule has 1 aliphatic heterocycles. The van der Waals surface area contributed by atoms with E-state index in [4.69, 9.17) is 9.47 Å². The molecule has 102 valence electrons. The van der Waals surface area contributed by atoms with E-state index >= 15 is 0 Å². The minimum atomic E-state index is -0.454. The van der Waals surface area contributed by atoms with Gasteiger partial charge >= 0.3 is 6.09 Å². The van der Waals surface area contributed by atoms with Crippen molar-refractivity contribution in [2.24, 2.45) is 0 Å². The number of likely N-dealkylation sites (tertiary alicyclic amines) is 1. The van der Waals surface area contributed by atoms with E-state index in [2.05, 4.69) is 4.98 Å². The maximum Gasteiger partial charge on any atom is 0.410 e. The minimum absolute atomic E-state index is 0.0250. The van der Waals surface area contributed by atoms with Crippen LogP contribution in [-0.2, 0) is 4.74 Å². The molecular formula is C13H19BN2O3. The largest absolute Gasteiger partial charge is 0.485 e. The van der Waals surface area contributed by atoms with Crippen molar-refractivity contribution in [3.8, 4) is 5.75 Å². The molecule has 1 aliphatic rings. The predicted octanol–water partition coefficient (Wildman–Crippen LogP) is 0.338. The van der Waals surface area contributed by atoms with Gasteiger partial charge in [-0.2, -0.15) is 0 Å². The normalized spacial score (nSPS) is 15.8. The lowest BCUT2D eigenvalue weighted by molar-refractivity contribution is -0.0222. The van der Waals surface area contributed by atoms with Gasteiger partial charge < -0.3 is 14.4 Å². The van der Waals surface area contributed by atoms with Gasteiger partial charge in [-0.25, -0.2) is 4.79 Å². The Balaban J connectivity index is 1.77. The minimum Gasteiger partial charge on any atom is -0.485 e. The van der Waals surface area contributed by atoms with Gasteiger partial charge in [-0.05, 0) is 38.5 Å². The molecule has 0 spiro atoms. The number of ether oxygens (including phenoxy) is 2. The van der Waals surface area contributed by atoms with Gasteiger partial charge in [-0.15, -0.1) is 0 Å². The number of rotatable bonds is 2. The van der Waals surface area contributed by atoms with Gasteiger partial charge in [0.2, 0.25) is 0 Å². The molecule has 5 nitrogen and oxygen atoms in total. The summed E-state index contributed by atoms with van der Waals surface area (Å²) >= 11 is 0. The van der Waals surface area contributed by atoms with Gasteiger partial charge in [0.05, 0.1) is 19.3 Å². The quantitative estimate of drug-likeness (QED) is 0.721. The molecule has 6 heteroatoms. The number of carbonyl (C=O) groups excluding carboxylic acids is 1. The van der Waals surface area contributed by atoms with Crippen LogP contribution in [0.4, 0.5) is 4.79 Å². The van der Waals surface area contributed by atoms with Crippen LogP contribution < -0.4 is 10.3 Å². The van der Waals surface area contributed by atoms with Crippen molar-refractivity contribution in [2.75, 3.05) is 13.1 Å². The highest BCUT2D eigenvalue weighted by molar-refractivity contribution is 6.30. The Morgan fingerprint density at radius 1 is 1.42 bits per heavy atom. The monoisotopic (exact) mass is 262 g/mol. The lowest BCUT2D eigenvalue weighted by Crippen LogP contribution is -2.57. The molecule has 1 aromatic rings.